The molecule has 84 valence electrons. The van der Waals surface area contributed by atoms with E-state index in [0.29, 0.717) is 5.92 Å². The van der Waals surface area contributed by atoms with Crippen LogP contribution in [0.4, 0.5) is 0 Å². The molecule has 0 atom stereocenters. The van der Waals surface area contributed by atoms with E-state index in [1.165, 1.54) is 21.9 Å². The van der Waals surface area contributed by atoms with Crippen molar-refractivity contribution in [2.75, 3.05) is 7.11 Å². The quantitative estimate of drug-likeness (QED) is 0.725. The predicted molar refractivity (Wildman–Crippen MR) is 69.3 cm³/mol. The Balaban J connectivity index is 2.77. The summed E-state index contributed by atoms with van der Waals surface area (Å²) in [6, 6.07) is 10.7. The van der Waals surface area contributed by atoms with Crippen molar-refractivity contribution in [1.29, 1.82) is 0 Å². The molecule has 0 saturated carbocycles. The molecule has 0 amide bonds. The fourth-order valence-electron chi connectivity index (χ4n) is 2.13. The van der Waals surface area contributed by atoms with E-state index in [9.17, 15) is 0 Å². The molecule has 0 unspecified atom stereocenters. The van der Waals surface area contributed by atoms with E-state index in [1.807, 2.05) is 6.07 Å². The van der Waals surface area contributed by atoms with Gasteiger partial charge in [-0.3, -0.25) is 0 Å². The molecule has 0 N–H and O–H groups in total. The Kier molecular flexibility index (Phi) is 2.86. The van der Waals surface area contributed by atoms with Crippen LogP contribution in [0.1, 0.15) is 30.9 Å². The standard InChI is InChI=1S/C15H18O/c1-10(2)13-7-5-11(3)14-8-6-12(16-4)9-15(13)14/h5-10H,1-4H3. The van der Waals surface area contributed by atoms with Crippen molar-refractivity contribution in [3.8, 4) is 5.75 Å². The van der Waals surface area contributed by atoms with Gasteiger partial charge < -0.3 is 4.74 Å². The smallest absolute Gasteiger partial charge is 0.119 e. The van der Waals surface area contributed by atoms with Crippen molar-refractivity contribution in [3.63, 3.8) is 0 Å². The fraction of sp³-hybridized carbons (Fsp3) is 0.333. The molecule has 0 aliphatic heterocycles. The lowest BCUT2D eigenvalue weighted by Crippen LogP contribution is -1.92. The molecule has 2 aromatic rings. The second-order valence-electron chi connectivity index (χ2n) is 4.54. The van der Waals surface area contributed by atoms with Crippen LogP contribution < -0.4 is 4.74 Å². The second kappa shape index (κ2) is 4.17. The van der Waals surface area contributed by atoms with Gasteiger partial charge in [0.15, 0.2) is 0 Å². The number of methoxy groups -OCH3 is 1. The van der Waals surface area contributed by atoms with Crippen LogP contribution in [0.25, 0.3) is 10.8 Å². The van der Waals surface area contributed by atoms with E-state index < -0.39 is 0 Å². The molecule has 0 aliphatic carbocycles. The molecule has 16 heavy (non-hydrogen) atoms. The van der Waals surface area contributed by atoms with Crippen LogP contribution in [-0.4, -0.2) is 7.11 Å². The molecule has 0 fully saturated rings. The first kappa shape index (κ1) is 11.0. The highest BCUT2D eigenvalue weighted by atomic mass is 16.5. The maximum atomic E-state index is 5.30. The largest absolute Gasteiger partial charge is 0.497 e. The predicted octanol–water partition coefficient (Wildman–Crippen LogP) is 4.28. The lowest BCUT2D eigenvalue weighted by Gasteiger charge is -2.13. The van der Waals surface area contributed by atoms with Crippen LogP contribution in [0.2, 0.25) is 0 Å². The number of benzene rings is 2. The molecule has 0 heterocycles. The summed E-state index contributed by atoms with van der Waals surface area (Å²) in [5.74, 6) is 1.47. The topological polar surface area (TPSA) is 9.23 Å². The van der Waals surface area contributed by atoms with Gasteiger partial charge >= 0.3 is 0 Å². The Hall–Kier alpha value is -1.50. The third-order valence-corrected chi connectivity index (χ3v) is 3.10. The minimum atomic E-state index is 0.537. The summed E-state index contributed by atoms with van der Waals surface area (Å²) in [7, 11) is 1.71. The van der Waals surface area contributed by atoms with Gasteiger partial charge in [0.05, 0.1) is 7.11 Å². The molecule has 0 radical (unpaired) electrons. The Morgan fingerprint density at radius 2 is 1.75 bits per heavy atom. The third-order valence-electron chi connectivity index (χ3n) is 3.10. The summed E-state index contributed by atoms with van der Waals surface area (Å²) < 4.78 is 5.30. The minimum absolute atomic E-state index is 0.537. The summed E-state index contributed by atoms with van der Waals surface area (Å²) in [5, 5.41) is 2.64. The van der Waals surface area contributed by atoms with Gasteiger partial charge in [0.2, 0.25) is 0 Å². The molecule has 0 aliphatic rings. The fourth-order valence-corrected chi connectivity index (χ4v) is 2.13. The van der Waals surface area contributed by atoms with Crippen molar-refractivity contribution >= 4 is 10.8 Å². The highest BCUT2D eigenvalue weighted by Gasteiger charge is 2.07. The van der Waals surface area contributed by atoms with Crippen LogP contribution in [-0.2, 0) is 0 Å². The highest BCUT2D eigenvalue weighted by molar-refractivity contribution is 5.90. The molecule has 2 aromatic carbocycles. The first-order valence-corrected chi connectivity index (χ1v) is 5.70. The van der Waals surface area contributed by atoms with Gasteiger partial charge in [0.25, 0.3) is 0 Å². The number of rotatable bonds is 2. The molecular formula is C15H18O. The number of hydrogen-bond acceptors (Lipinski definition) is 1. The van der Waals surface area contributed by atoms with Crippen molar-refractivity contribution in [3.05, 3.63) is 41.5 Å². The van der Waals surface area contributed by atoms with Crippen LogP contribution in [0.3, 0.4) is 0 Å². The summed E-state index contributed by atoms with van der Waals surface area (Å²) in [6.07, 6.45) is 0. The van der Waals surface area contributed by atoms with Crippen LogP contribution in [0.5, 0.6) is 5.75 Å². The summed E-state index contributed by atoms with van der Waals surface area (Å²) in [4.78, 5) is 0. The van der Waals surface area contributed by atoms with Gasteiger partial charge in [0, 0.05) is 0 Å². The summed E-state index contributed by atoms with van der Waals surface area (Å²) in [5.41, 5.74) is 2.71. The number of ether oxygens (including phenoxy) is 1. The van der Waals surface area contributed by atoms with Crippen LogP contribution in [0.15, 0.2) is 30.3 Å². The highest BCUT2D eigenvalue weighted by Crippen LogP contribution is 2.30. The SMILES string of the molecule is COc1ccc2c(C)ccc(C(C)C)c2c1. The molecule has 0 aromatic heterocycles. The van der Waals surface area contributed by atoms with Crippen molar-refractivity contribution in [2.24, 2.45) is 0 Å². The normalized spacial score (nSPS) is 11.1. The zero-order valence-corrected chi connectivity index (χ0v) is 10.4. The number of aryl methyl sites for hydroxylation is 1. The Labute approximate surface area is 97.1 Å². The number of fused-ring (bicyclic) bond motifs is 1. The summed E-state index contributed by atoms with van der Waals surface area (Å²) in [6.45, 7) is 6.60. The first-order valence-electron chi connectivity index (χ1n) is 5.70. The van der Waals surface area contributed by atoms with Crippen LogP contribution in [0, 0.1) is 6.92 Å². The van der Waals surface area contributed by atoms with Crippen molar-refractivity contribution in [1.82, 2.24) is 0 Å². The van der Waals surface area contributed by atoms with Gasteiger partial charge in [-0.25, -0.2) is 0 Å². The Morgan fingerprint density at radius 3 is 2.38 bits per heavy atom. The molecular weight excluding hydrogens is 196 g/mol. The average molecular weight is 214 g/mol. The summed E-state index contributed by atoms with van der Waals surface area (Å²) >= 11 is 0. The lowest BCUT2D eigenvalue weighted by molar-refractivity contribution is 0.415. The van der Waals surface area contributed by atoms with Crippen molar-refractivity contribution in [2.45, 2.75) is 26.7 Å². The van der Waals surface area contributed by atoms with E-state index in [-0.39, 0.29) is 0 Å². The zero-order chi connectivity index (χ0) is 11.7. The monoisotopic (exact) mass is 214 g/mol. The van der Waals surface area contributed by atoms with Gasteiger partial charge in [-0.1, -0.05) is 32.0 Å². The van der Waals surface area contributed by atoms with E-state index >= 15 is 0 Å². The van der Waals surface area contributed by atoms with E-state index in [2.05, 4.69) is 45.0 Å². The van der Waals surface area contributed by atoms with Gasteiger partial charge in [-0.2, -0.15) is 0 Å². The molecule has 0 spiro atoms. The molecule has 0 bridgehead atoms. The van der Waals surface area contributed by atoms with E-state index in [1.54, 1.807) is 7.11 Å². The third kappa shape index (κ3) is 1.78. The van der Waals surface area contributed by atoms with Crippen molar-refractivity contribution < 1.29 is 4.74 Å². The van der Waals surface area contributed by atoms with Gasteiger partial charge in [0.1, 0.15) is 5.75 Å². The molecule has 1 nitrogen and oxygen atoms in total. The number of hydrogen-bond donors (Lipinski definition) is 0. The Bertz CT molecular complexity index is 512. The maximum absolute atomic E-state index is 5.30. The van der Waals surface area contributed by atoms with Gasteiger partial charge in [-0.05, 0) is 46.9 Å². The van der Waals surface area contributed by atoms with Crippen LogP contribution >= 0.6 is 0 Å². The molecule has 0 saturated heterocycles. The van der Waals surface area contributed by atoms with E-state index in [0.717, 1.165) is 5.75 Å². The molecule has 1 heteroatoms. The minimum Gasteiger partial charge on any atom is -0.497 e. The molecule has 2 rings (SSSR count). The maximum Gasteiger partial charge on any atom is 0.119 e. The van der Waals surface area contributed by atoms with Gasteiger partial charge in [-0.15, -0.1) is 0 Å². The first-order chi connectivity index (χ1) is 7.63. The lowest BCUT2D eigenvalue weighted by atomic mass is 9.93. The van der Waals surface area contributed by atoms with E-state index in [4.69, 9.17) is 4.74 Å². The zero-order valence-electron chi connectivity index (χ0n) is 10.4. The second-order valence-corrected chi connectivity index (χ2v) is 4.54. The Morgan fingerprint density at radius 1 is 1.00 bits per heavy atom. The average Bonchev–Trinajstić information content (AvgIpc) is 2.28.